The molecule has 0 unspecified atom stereocenters. The van der Waals surface area contributed by atoms with Gasteiger partial charge in [0.15, 0.2) is 5.82 Å². The largest absolute Gasteiger partial charge is 0.354 e. The van der Waals surface area contributed by atoms with E-state index in [-0.39, 0.29) is 17.6 Å². The number of carbonyl (C=O) groups excluding carboxylic acids is 1. The van der Waals surface area contributed by atoms with Crippen LogP contribution in [0.1, 0.15) is 24.0 Å². The lowest BCUT2D eigenvalue weighted by atomic mass is 9.96. The number of halogens is 1. The van der Waals surface area contributed by atoms with Gasteiger partial charge in [0.05, 0.1) is 0 Å². The molecule has 1 saturated heterocycles. The summed E-state index contributed by atoms with van der Waals surface area (Å²) < 4.78 is 13.0. The predicted octanol–water partition coefficient (Wildman–Crippen LogP) is 4.61. The van der Waals surface area contributed by atoms with E-state index >= 15 is 0 Å². The Kier molecular flexibility index (Phi) is 6.82. The summed E-state index contributed by atoms with van der Waals surface area (Å²) in [5.74, 6) is 0.629. The van der Waals surface area contributed by atoms with E-state index in [1.54, 1.807) is 36.3 Å². The summed E-state index contributed by atoms with van der Waals surface area (Å²) in [7, 11) is 0. The molecule has 4 rings (SSSR count). The highest BCUT2D eigenvalue weighted by Gasteiger charge is 2.27. The average Bonchev–Trinajstić information content (AvgIpc) is 2.79. The van der Waals surface area contributed by atoms with Crippen molar-refractivity contribution in [3.05, 3.63) is 77.9 Å². The Morgan fingerprint density at radius 2 is 1.87 bits per heavy atom. The quantitative estimate of drug-likeness (QED) is 0.612. The Labute approximate surface area is 186 Å². The molecule has 31 heavy (non-hydrogen) atoms. The summed E-state index contributed by atoms with van der Waals surface area (Å²) in [5.41, 5.74) is 2.10. The fourth-order valence-corrected chi connectivity index (χ4v) is 4.69. The summed E-state index contributed by atoms with van der Waals surface area (Å²) in [6, 6.07) is 14.5. The second kappa shape index (κ2) is 9.92. The van der Waals surface area contributed by atoms with Crippen molar-refractivity contribution in [3.8, 4) is 0 Å². The number of anilines is 1. The van der Waals surface area contributed by atoms with Gasteiger partial charge in [0.25, 0.3) is 0 Å². The second-order valence-corrected chi connectivity index (χ2v) is 8.77. The van der Waals surface area contributed by atoms with E-state index in [0.717, 1.165) is 47.2 Å². The van der Waals surface area contributed by atoms with E-state index in [9.17, 15) is 9.18 Å². The van der Waals surface area contributed by atoms with E-state index in [0.29, 0.717) is 6.54 Å². The van der Waals surface area contributed by atoms with Gasteiger partial charge in [-0.25, -0.2) is 14.4 Å². The Balaban J connectivity index is 1.34. The van der Waals surface area contributed by atoms with Gasteiger partial charge < -0.3 is 10.2 Å². The third-order valence-electron chi connectivity index (χ3n) is 5.40. The monoisotopic (exact) mass is 436 g/mol. The van der Waals surface area contributed by atoms with Crippen molar-refractivity contribution in [3.63, 3.8) is 0 Å². The summed E-state index contributed by atoms with van der Waals surface area (Å²) in [6.07, 6.45) is 4.97. The van der Waals surface area contributed by atoms with Crippen LogP contribution in [0.2, 0.25) is 0 Å². The van der Waals surface area contributed by atoms with Crippen LogP contribution in [0.5, 0.6) is 0 Å². The maximum atomic E-state index is 13.0. The highest BCUT2D eigenvalue weighted by Crippen LogP contribution is 2.34. The van der Waals surface area contributed by atoms with Gasteiger partial charge in [0, 0.05) is 42.8 Å². The molecule has 1 aliphatic heterocycles. The molecule has 0 atom stereocenters. The fourth-order valence-electron chi connectivity index (χ4n) is 3.69. The van der Waals surface area contributed by atoms with Crippen LogP contribution in [0, 0.1) is 18.7 Å². The molecule has 160 valence electrons. The molecular weight excluding hydrogens is 411 g/mol. The van der Waals surface area contributed by atoms with Crippen LogP contribution < -0.4 is 10.2 Å². The molecule has 2 heterocycles. The van der Waals surface area contributed by atoms with Gasteiger partial charge in [-0.3, -0.25) is 4.79 Å². The standard InChI is InChI=1S/C24H25FN4OS/c1-17-3-2-4-21(15-17)31-24-22(26-11-12-27-24)29-13-9-19(10-14-29)23(30)28-16-18-5-7-20(25)8-6-18/h2-8,11-12,15,19H,9-10,13-14,16H2,1H3,(H,28,30). The van der Waals surface area contributed by atoms with E-state index < -0.39 is 0 Å². The molecule has 1 amide bonds. The Hall–Kier alpha value is -2.93. The molecule has 1 fully saturated rings. The number of hydrogen-bond donors (Lipinski definition) is 1. The van der Waals surface area contributed by atoms with E-state index in [1.165, 1.54) is 17.7 Å². The topological polar surface area (TPSA) is 58.1 Å². The fraction of sp³-hybridized carbons (Fsp3) is 0.292. The summed E-state index contributed by atoms with van der Waals surface area (Å²) >= 11 is 1.61. The van der Waals surface area contributed by atoms with Crippen molar-refractivity contribution in [1.82, 2.24) is 15.3 Å². The number of benzene rings is 2. The first-order valence-corrected chi connectivity index (χ1v) is 11.2. The number of piperidine rings is 1. The van der Waals surface area contributed by atoms with E-state index in [4.69, 9.17) is 0 Å². The summed E-state index contributed by atoms with van der Waals surface area (Å²) in [4.78, 5) is 25.1. The van der Waals surface area contributed by atoms with Crippen LogP contribution in [0.4, 0.5) is 10.2 Å². The van der Waals surface area contributed by atoms with E-state index in [1.807, 2.05) is 6.07 Å². The van der Waals surface area contributed by atoms with Crippen molar-refractivity contribution in [2.75, 3.05) is 18.0 Å². The number of hydrogen-bond acceptors (Lipinski definition) is 5. The number of carbonyl (C=O) groups is 1. The minimum atomic E-state index is -0.272. The number of rotatable bonds is 6. The minimum Gasteiger partial charge on any atom is -0.354 e. The van der Waals surface area contributed by atoms with Gasteiger partial charge in [0.1, 0.15) is 10.8 Å². The second-order valence-electron chi connectivity index (χ2n) is 7.71. The molecule has 2 aromatic carbocycles. The van der Waals surface area contributed by atoms with Crippen LogP contribution in [0.3, 0.4) is 0 Å². The zero-order valence-electron chi connectivity index (χ0n) is 17.4. The first-order chi connectivity index (χ1) is 15.1. The lowest BCUT2D eigenvalue weighted by Crippen LogP contribution is -2.41. The van der Waals surface area contributed by atoms with Gasteiger partial charge in [-0.05, 0) is 49.6 Å². The number of nitrogens with one attached hydrogen (secondary N) is 1. The van der Waals surface area contributed by atoms with Crippen LogP contribution in [0.15, 0.2) is 70.8 Å². The molecule has 1 aliphatic rings. The summed E-state index contributed by atoms with van der Waals surface area (Å²) in [6.45, 7) is 4.01. The zero-order chi connectivity index (χ0) is 21.6. The third kappa shape index (κ3) is 5.61. The molecule has 1 aromatic heterocycles. The van der Waals surface area contributed by atoms with Crippen molar-refractivity contribution >= 4 is 23.5 Å². The molecule has 7 heteroatoms. The van der Waals surface area contributed by atoms with Crippen LogP contribution in [-0.2, 0) is 11.3 Å². The molecule has 5 nitrogen and oxygen atoms in total. The van der Waals surface area contributed by atoms with Crippen molar-refractivity contribution in [2.24, 2.45) is 5.92 Å². The first-order valence-electron chi connectivity index (χ1n) is 10.4. The van der Waals surface area contributed by atoms with Crippen LogP contribution >= 0.6 is 11.8 Å². The van der Waals surface area contributed by atoms with E-state index in [2.05, 4.69) is 45.3 Å². The summed E-state index contributed by atoms with van der Waals surface area (Å²) in [5, 5.41) is 3.86. The van der Waals surface area contributed by atoms with Gasteiger partial charge >= 0.3 is 0 Å². The molecular formula is C24H25FN4OS. The van der Waals surface area contributed by atoms with Crippen molar-refractivity contribution in [2.45, 2.75) is 36.2 Å². The first kappa shape index (κ1) is 21.3. The smallest absolute Gasteiger partial charge is 0.223 e. The van der Waals surface area contributed by atoms with Crippen molar-refractivity contribution in [1.29, 1.82) is 0 Å². The van der Waals surface area contributed by atoms with Gasteiger partial charge in [-0.15, -0.1) is 0 Å². The zero-order valence-corrected chi connectivity index (χ0v) is 18.2. The highest BCUT2D eigenvalue weighted by atomic mass is 32.2. The predicted molar refractivity (Wildman–Crippen MR) is 121 cm³/mol. The highest BCUT2D eigenvalue weighted by molar-refractivity contribution is 7.99. The maximum absolute atomic E-state index is 13.0. The molecule has 0 bridgehead atoms. The Morgan fingerprint density at radius 3 is 2.61 bits per heavy atom. The third-order valence-corrected chi connectivity index (χ3v) is 6.37. The molecule has 0 radical (unpaired) electrons. The lowest BCUT2D eigenvalue weighted by Gasteiger charge is -2.32. The molecule has 0 aliphatic carbocycles. The van der Waals surface area contributed by atoms with Crippen LogP contribution in [0.25, 0.3) is 0 Å². The molecule has 3 aromatic rings. The Bertz CT molecular complexity index is 1040. The lowest BCUT2D eigenvalue weighted by molar-refractivity contribution is -0.125. The van der Waals surface area contributed by atoms with Gasteiger partial charge in [-0.2, -0.15) is 0 Å². The Morgan fingerprint density at radius 1 is 1.13 bits per heavy atom. The van der Waals surface area contributed by atoms with Crippen molar-refractivity contribution < 1.29 is 9.18 Å². The van der Waals surface area contributed by atoms with Crippen LogP contribution in [-0.4, -0.2) is 29.0 Å². The number of nitrogens with zero attached hydrogens (tertiary/aromatic N) is 3. The normalized spacial score (nSPS) is 14.5. The van der Waals surface area contributed by atoms with Gasteiger partial charge in [-0.1, -0.05) is 41.6 Å². The molecule has 1 N–H and O–H groups in total. The SMILES string of the molecule is Cc1cccc(Sc2nccnc2N2CCC(C(=O)NCc3ccc(F)cc3)CC2)c1. The molecule has 0 saturated carbocycles. The number of aromatic nitrogens is 2. The maximum Gasteiger partial charge on any atom is 0.223 e. The van der Waals surface area contributed by atoms with Gasteiger partial charge in [0.2, 0.25) is 5.91 Å². The number of aryl methyl sites for hydroxylation is 1. The molecule has 0 spiro atoms. The number of amides is 1. The minimum absolute atomic E-state index is 0.0266. The average molecular weight is 437 g/mol.